The largest absolute Gasteiger partial charge is 0.329 e. The predicted octanol–water partition coefficient (Wildman–Crippen LogP) is 0.751. The van der Waals surface area contributed by atoms with E-state index in [1.54, 1.807) is 0 Å². The Morgan fingerprint density at radius 3 is 2.93 bits per heavy atom. The SMILES string of the molecule is CCN(CCN)C1CCN2CCCC1C2. The van der Waals surface area contributed by atoms with Crippen LogP contribution in [-0.4, -0.2) is 55.1 Å². The molecule has 2 aliphatic rings. The lowest BCUT2D eigenvalue weighted by Gasteiger charge is -2.46. The molecule has 2 heterocycles. The summed E-state index contributed by atoms with van der Waals surface area (Å²) in [6.07, 6.45) is 4.20. The first-order valence-electron chi connectivity index (χ1n) is 6.51. The summed E-state index contributed by atoms with van der Waals surface area (Å²) in [5.41, 5.74) is 5.69. The highest BCUT2D eigenvalue weighted by atomic mass is 15.2. The molecule has 2 N–H and O–H groups in total. The van der Waals surface area contributed by atoms with Gasteiger partial charge in [-0.15, -0.1) is 0 Å². The smallest absolute Gasteiger partial charge is 0.0148 e. The van der Waals surface area contributed by atoms with Crippen molar-refractivity contribution < 1.29 is 0 Å². The Balaban J connectivity index is 1.95. The summed E-state index contributed by atoms with van der Waals surface area (Å²) in [6, 6.07) is 0.815. The van der Waals surface area contributed by atoms with Crippen molar-refractivity contribution in [2.45, 2.75) is 32.2 Å². The van der Waals surface area contributed by atoms with Gasteiger partial charge in [0.2, 0.25) is 0 Å². The normalized spacial score (nSPS) is 35.8. The molecule has 2 bridgehead atoms. The molecule has 3 atom stereocenters. The van der Waals surface area contributed by atoms with Gasteiger partial charge in [-0.2, -0.15) is 0 Å². The molecule has 0 saturated carbocycles. The van der Waals surface area contributed by atoms with E-state index in [9.17, 15) is 0 Å². The topological polar surface area (TPSA) is 32.5 Å². The first kappa shape index (κ1) is 11.4. The highest BCUT2D eigenvalue weighted by molar-refractivity contribution is 4.89. The number of likely N-dealkylation sites (N-methyl/N-ethyl adjacent to an activating group) is 1. The third-order valence-corrected chi connectivity index (χ3v) is 4.12. The molecule has 3 unspecified atom stereocenters. The highest BCUT2D eigenvalue weighted by Crippen LogP contribution is 2.29. The van der Waals surface area contributed by atoms with Crippen LogP contribution in [-0.2, 0) is 0 Å². The molecule has 0 amide bonds. The minimum Gasteiger partial charge on any atom is -0.329 e. The van der Waals surface area contributed by atoms with Crippen LogP contribution >= 0.6 is 0 Å². The third kappa shape index (κ3) is 2.52. The van der Waals surface area contributed by atoms with Gasteiger partial charge in [-0.3, -0.25) is 4.90 Å². The standard InChI is InChI=1S/C12H25N3/c1-2-15(9-6-13)12-5-8-14-7-3-4-11(12)10-14/h11-12H,2-10,13H2,1H3. The van der Waals surface area contributed by atoms with Gasteiger partial charge in [-0.05, 0) is 44.8 Å². The fourth-order valence-corrected chi connectivity index (χ4v) is 3.36. The second-order valence-corrected chi connectivity index (χ2v) is 4.98. The zero-order valence-corrected chi connectivity index (χ0v) is 9.99. The maximum Gasteiger partial charge on any atom is 0.0148 e. The molecule has 2 rings (SSSR count). The average Bonchev–Trinajstić information content (AvgIpc) is 2.27. The van der Waals surface area contributed by atoms with Crippen molar-refractivity contribution in [2.24, 2.45) is 11.7 Å². The molecule has 2 fully saturated rings. The van der Waals surface area contributed by atoms with E-state index in [2.05, 4.69) is 16.7 Å². The van der Waals surface area contributed by atoms with Gasteiger partial charge in [0.15, 0.2) is 0 Å². The zero-order valence-electron chi connectivity index (χ0n) is 9.99. The summed E-state index contributed by atoms with van der Waals surface area (Å²) in [5, 5.41) is 0. The molecular weight excluding hydrogens is 186 g/mol. The number of hydrogen-bond acceptors (Lipinski definition) is 3. The van der Waals surface area contributed by atoms with Crippen LogP contribution in [0.3, 0.4) is 0 Å². The number of fused-ring (bicyclic) bond motifs is 2. The van der Waals surface area contributed by atoms with Crippen LogP contribution in [0.2, 0.25) is 0 Å². The number of nitrogens with two attached hydrogens (primary N) is 1. The lowest BCUT2D eigenvalue weighted by molar-refractivity contribution is 0.0307. The van der Waals surface area contributed by atoms with Gasteiger partial charge in [0.05, 0.1) is 0 Å². The van der Waals surface area contributed by atoms with Crippen molar-refractivity contribution in [1.82, 2.24) is 9.80 Å². The van der Waals surface area contributed by atoms with E-state index in [4.69, 9.17) is 5.73 Å². The number of piperidine rings is 2. The molecule has 3 nitrogen and oxygen atoms in total. The van der Waals surface area contributed by atoms with Gasteiger partial charge in [0, 0.05) is 25.7 Å². The van der Waals surface area contributed by atoms with E-state index in [1.807, 2.05) is 0 Å². The van der Waals surface area contributed by atoms with Gasteiger partial charge in [-0.1, -0.05) is 6.92 Å². The summed E-state index contributed by atoms with van der Waals surface area (Å²) in [7, 11) is 0. The quantitative estimate of drug-likeness (QED) is 0.745. The van der Waals surface area contributed by atoms with Gasteiger partial charge in [0.25, 0.3) is 0 Å². The molecule has 0 spiro atoms. The lowest BCUT2D eigenvalue weighted by atomic mass is 9.84. The first-order chi connectivity index (χ1) is 7.35. The lowest BCUT2D eigenvalue weighted by Crippen LogP contribution is -2.54. The summed E-state index contributed by atoms with van der Waals surface area (Å²) in [4.78, 5) is 5.24. The van der Waals surface area contributed by atoms with E-state index >= 15 is 0 Å². The van der Waals surface area contributed by atoms with E-state index in [0.29, 0.717) is 0 Å². The molecule has 15 heavy (non-hydrogen) atoms. The van der Waals surface area contributed by atoms with Gasteiger partial charge >= 0.3 is 0 Å². The number of nitrogens with zero attached hydrogens (tertiary/aromatic N) is 2. The van der Waals surface area contributed by atoms with Crippen LogP contribution in [0.25, 0.3) is 0 Å². The maximum atomic E-state index is 5.69. The molecular formula is C12H25N3. The van der Waals surface area contributed by atoms with E-state index in [1.165, 1.54) is 45.4 Å². The Morgan fingerprint density at radius 2 is 2.20 bits per heavy atom. The van der Waals surface area contributed by atoms with Crippen molar-refractivity contribution in [2.75, 3.05) is 39.3 Å². The van der Waals surface area contributed by atoms with Crippen molar-refractivity contribution >= 4 is 0 Å². The Morgan fingerprint density at radius 1 is 1.33 bits per heavy atom. The Hall–Kier alpha value is -0.120. The zero-order chi connectivity index (χ0) is 10.7. The summed E-state index contributed by atoms with van der Waals surface area (Å²) in [6.45, 7) is 9.31. The molecule has 88 valence electrons. The summed E-state index contributed by atoms with van der Waals surface area (Å²) < 4.78 is 0. The number of rotatable bonds is 4. The molecule has 0 aromatic rings. The Labute approximate surface area is 93.6 Å². The summed E-state index contributed by atoms with van der Waals surface area (Å²) in [5.74, 6) is 0.916. The van der Waals surface area contributed by atoms with Crippen LogP contribution in [0.15, 0.2) is 0 Å². The number of hydrogen-bond donors (Lipinski definition) is 1. The fourth-order valence-electron chi connectivity index (χ4n) is 3.36. The molecule has 2 saturated heterocycles. The van der Waals surface area contributed by atoms with Crippen molar-refractivity contribution in [3.05, 3.63) is 0 Å². The fraction of sp³-hybridized carbons (Fsp3) is 1.00. The van der Waals surface area contributed by atoms with Crippen LogP contribution < -0.4 is 5.73 Å². The van der Waals surface area contributed by atoms with E-state index in [-0.39, 0.29) is 0 Å². The molecule has 0 radical (unpaired) electrons. The van der Waals surface area contributed by atoms with Crippen LogP contribution in [0.1, 0.15) is 26.2 Å². The second-order valence-electron chi connectivity index (χ2n) is 4.98. The minimum absolute atomic E-state index is 0.806. The van der Waals surface area contributed by atoms with E-state index < -0.39 is 0 Å². The minimum atomic E-state index is 0.806. The van der Waals surface area contributed by atoms with Gasteiger partial charge in [-0.25, -0.2) is 0 Å². The predicted molar refractivity (Wildman–Crippen MR) is 63.9 cm³/mol. The van der Waals surface area contributed by atoms with Crippen LogP contribution in [0.4, 0.5) is 0 Å². The molecule has 0 aromatic carbocycles. The Bertz CT molecular complexity index is 191. The molecule has 0 aliphatic carbocycles. The molecule has 2 aliphatic heterocycles. The molecule has 3 heteroatoms. The van der Waals surface area contributed by atoms with Crippen molar-refractivity contribution in [3.8, 4) is 0 Å². The highest BCUT2D eigenvalue weighted by Gasteiger charge is 2.34. The average molecular weight is 211 g/mol. The van der Waals surface area contributed by atoms with Gasteiger partial charge < -0.3 is 10.6 Å². The Kier molecular flexibility index (Phi) is 4.00. The van der Waals surface area contributed by atoms with Gasteiger partial charge in [0.1, 0.15) is 0 Å². The maximum absolute atomic E-state index is 5.69. The van der Waals surface area contributed by atoms with Crippen LogP contribution in [0.5, 0.6) is 0 Å². The van der Waals surface area contributed by atoms with Crippen LogP contribution in [0, 0.1) is 5.92 Å². The summed E-state index contributed by atoms with van der Waals surface area (Å²) >= 11 is 0. The monoisotopic (exact) mass is 211 g/mol. The van der Waals surface area contributed by atoms with Crippen molar-refractivity contribution in [1.29, 1.82) is 0 Å². The van der Waals surface area contributed by atoms with Crippen molar-refractivity contribution in [3.63, 3.8) is 0 Å². The third-order valence-electron chi connectivity index (χ3n) is 4.12. The van der Waals surface area contributed by atoms with E-state index in [0.717, 1.165) is 25.0 Å². The second kappa shape index (κ2) is 5.28. The first-order valence-corrected chi connectivity index (χ1v) is 6.51. The molecule has 0 aromatic heterocycles.